The minimum atomic E-state index is -1.06. The highest BCUT2D eigenvalue weighted by Crippen LogP contribution is 2.53. The highest BCUT2D eigenvalue weighted by Gasteiger charge is 2.59. The summed E-state index contributed by atoms with van der Waals surface area (Å²) >= 11 is 0. The number of fused-ring (bicyclic) bond motifs is 1. The maximum Gasteiger partial charge on any atom is 0.457 e. The molecule has 10 heteroatoms. The van der Waals surface area contributed by atoms with Gasteiger partial charge in [-0.1, -0.05) is 11.5 Å². The Morgan fingerprint density at radius 2 is 1.79 bits per heavy atom. The van der Waals surface area contributed by atoms with Crippen LogP contribution < -0.4 is 0 Å². The number of hydrogen-bond donors (Lipinski definition) is 0. The molecule has 2 saturated heterocycles. The van der Waals surface area contributed by atoms with Gasteiger partial charge in [0.1, 0.15) is 16.9 Å². The lowest BCUT2D eigenvalue weighted by molar-refractivity contribution is -0.123. The largest absolute Gasteiger partial charge is 0.457 e. The molecule has 3 aliphatic rings. The Bertz CT molecular complexity index is 815. The predicted molar refractivity (Wildman–Crippen MR) is 126 cm³/mol. The molecule has 1 aliphatic carbocycles. The van der Waals surface area contributed by atoms with Crippen molar-refractivity contribution in [2.45, 2.75) is 103 Å². The van der Waals surface area contributed by atoms with Crippen molar-refractivity contribution in [3.63, 3.8) is 0 Å². The molecule has 0 aromatic rings. The topological polar surface area (TPSA) is 114 Å². The first-order valence-corrected chi connectivity index (χ1v) is 12.0. The zero-order valence-corrected chi connectivity index (χ0v) is 21.4. The first-order chi connectivity index (χ1) is 15.1. The number of carbonyl (C=O) groups excluding carboxylic acids is 2. The molecule has 184 valence electrons. The van der Waals surface area contributed by atoms with Crippen LogP contribution in [0.2, 0.25) is 6.32 Å². The number of likely N-dealkylation sites (tertiary alicyclic amines) is 1. The summed E-state index contributed by atoms with van der Waals surface area (Å²) in [5.74, 6) is -0.0381. The van der Waals surface area contributed by atoms with Gasteiger partial charge in [0, 0.05) is 18.0 Å². The summed E-state index contributed by atoms with van der Waals surface area (Å²) < 4.78 is 17.8. The van der Waals surface area contributed by atoms with Crippen molar-refractivity contribution in [3.8, 4) is 0 Å². The first-order valence-electron chi connectivity index (χ1n) is 12.0. The van der Waals surface area contributed by atoms with Crippen molar-refractivity contribution in [2.24, 2.45) is 22.9 Å². The van der Waals surface area contributed by atoms with Crippen molar-refractivity contribution >= 4 is 19.0 Å². The summed E-state index contributed by atoms with van der Waals surface area (Å²) in [6.07, 6.45) is 2.31. The average molecular weight is 462 g/mol. The molecule has 1 amide bonds. The van der Waals surface area contributed by atoms with Crippen LogP contribution in [0.3, 0.4) is 0 Å². The van der Waals surface area contributed by atoms with Gasteiger partial charge < -0.3 is 18.9 Å². The molecule has 33 heavy (non-hydrogen) atoms. The van der Waals surface area contributed by atoms with Gasteiger partial charge in [-0.3, -0.25) is 4.79 Å². The maximum atomic E-state index is 12.8. The SMILES string of the molecule is CC(=O)[C@]1(N=[N+]=[N-])C[C@H]2CN(C(=O)OC(C)(C)C)C[C@H]2[C@@H]1CCCB1OC(C)(C)C(C)(C)O1. The standard InChI is InChI=1S/C23H39BN4O5/c1-15(29)23(26-27-25)12-16-13-28(19(30)31-20(2,3)4)14-17(16)18(23)10-9-11-24-32-21(5,6)22(7,8)33-24/h16-18H,9-14H2,1-8H3/t16-,17+,18-,23+/m0/s1. The number of hydrogen-bond acceptors (Lipinski definition) is 6. The quantitative estimate of drug-likeness (QED) is 0.239. The molecule has 4 atom stereocenters. The van der Waals surface area contributed by atoms with E-state index in [2.05, 4.69) is 10.0 Å². The van der Waals surface area contributed by atoms with E-state index in [1.54, 1.807) is 4.90 Å². The van der Waals surface area contributed by atoms with Crippen LogP contribution in [0, 0.1) is 17.8 Å². The Morgan fingerprint density at radius 3 is 2.30 bits per heavy atom. The monoisotopic (exact) mass is 462 g/mol. The molecule has 0 aromatic carbocycles. The molecule has 0 unspecified atom stereocenters. The van der Waals surface area contributed by atoms with Crippen molar-refractivity contribution < 1.29 is 23.6 Å². The number of carbonyl (C=O) groups is 2. The zero-order valence-electron chi connectivity index (χ0n) is 21.4. The number of azide groups is 1. The third-order valence-electron chi connectivity index (χ3n) is 7.94. The first kappa shape index (κ1) is 25.9. The normalized spacial score (nSPS) is 32.4. The van der Waals surface area contributed by atoms with Gasteiger partial charge in [-0.05, 0) is 97.8 Å². The van der Waals surface area contributed by atoms with E-state index in [1.807, 2.05) is 48.5 Å². The number of ketones is 1. The molecule has 3 rings (SSSR count). The van der Waals surface area contributed by atoms with Gasteiger partial charge in [-0.2, -0.15) is 0 Å². The molecule has 0 bridgehead atoms. The van der Waals surface area contributed by atoms with E-state index in [0.717, 1.165) is 6.42 Å². The van der Waals surface area contributed by atoms with Gasteiger partial charge in [0.05, 0.1) is 11.2 Å². The fourth-order valence-electron chi connectivity index (χ4n) is 5.66. The lowest BCUT2D eigenvalue weighted by Gasteiger charge is -2.33. The number of amides is 1. The van der Waals surface area contributed by atoms with Gasteiger partial charge >= 0.3 is 13.2 Å². The molecular formula is C23H39BN4O5. The number of Topliss-reactive ketones (excluding diaryl/α,β-unsaturated/α-hetero) is 1. The number of nitrogens with zero attached hydrogens (tertiary/aromatic N) is 4. The van der Waals surface area contributed by atoms with E-state index in [-0.39, 0.29) is 48.0 Å². The van der Waals surface area contributed by atoms with Gasteiger partial charge in [0.2, 0.25) is 0 Å². The second-order valence-corrected chi connectivity index (χ2v) is 11.9. The Hall–Kier alpha value is -1.77. The summed E-state index contributed by atoms with van der Waals surface area (Å²) in [7, 11) is -0.305. The minimum absolute atomic E-state index is 0.0882. The predicted octanol–water partition coefficient (Wildman–Crippen LogP) is 5.00. The Kier molecular flexibility index (Phi) is 6.88. The number of ether oxygens (including phenoxy) is 1. The van der Waals surface area contributed by atoms with Gasteiger partial charge in [-0.25, -0.2) is 4.79 Å². The van der Waals surface area contributed by atoms with Crippen LogP contribution in [0.4, 0.5) is 4.79 Å². The zero-order chi connectivity index (χ0) is 24.8. The molecular weight excluding hydrogens is 423 g/mol. The fourth-order valence-corrected chi connectivity index (χ4v) is 5.66. The summed E-state index contributed by atoms with van der Waals surface area (Å²) in [5, 5.41) is 4.08. The lowest BCUT2D eigenvalue weighted by Crippen LogP contribution is -2.43. The Balaban J connectivity index is 1.72. The second-order valence-electron chi connectivity index (χ2n) is 11.9. The van der Waals surface area contributed by atoms with E-state index < -0.39 is 11.1 Å². The summed E-state index contributed by atoms with van der Waals surface area (Å²) in [5.41, 5.74) is 6.89. The molecule has 9 nitrogen and oxygen atoms in total. The molecule has 2 aliphatic heterocycles. The summed E-state index contributed by atoms with van der Waals surface area (Å²) in [6, 6.07) is 0. The van der Waals surface area contributed by atoms with Crippen LogP contribution in [0.5, 0.6) is 0 Å². The van der Waals surface area contributed by atoms with Crippen molar-refractivity contribution in [3.05, 3.63) is 10.4 Å². The Morgan fingerprint density at radius 1 is 1.18 bits per heavy atom. The molecule has 0 N–H and O–H groups in total. The average Bonchev–Trinajstić information content (AvgIpc) is 3.23. The van der Waals surface area contributed by atoms with Crippen molar-refractivity contribution in [2.75, 3.05) is 13.1 Å². The maximum absolute atomic E-state index is 12.8. The third kappa shape index (κ3) is 5.03. The van der Waals surface area contributed by atoms with Crippen LogP contribution in [-0.2, 0) is 18.8 Å². The van der Waals surface area contributed by atoms with E-state index in [1.165, 1.54) is 6.92 Å². The van der Waals surface area contributed by atoms with E-state index in [4.69, 9.17) is 14.0 Å². The second kappa shape index (κ2) is 8.79. The van der Waals surface area contributed by atoms with Gasteiger partial charge in [0.15, 0.2) is 0 Å². The third-order valence-corrected chi connectivity index (χ3v) is 7.94. The molecule has 3 fully saturated rings. The fraction of sp³-hybridized carbons (Fsp3) is 0.913. The van der Waals surface area contributed by atoms with Crippen LogP contribution in [0.15, 0.2) is 5.11 Å². The molecule has 2 heterocycles. The summed E-state index contributed by atoms with van der Waals surface area (Å²) in [4.78, 5) is 30.2. The van der Waals surface area contributed by atoms with Crippen molar-refractivity contribution in [1.29, 1.82) is 0 Å². The Labute approximate surface area is 197 Å². The van der Waals surface area contributed by atoms with E-state index in [0.29, 0.717) is 32.3 Å². The molecule has 1 saturated carbocycles. The minimum Gasteiger partial charge on any atom is -0.444 e. The number of rotatable bonds is 6. The van der Waals surface area contributed by atoms with Crippen LogP contribution >= 0.6 is 0 Å². The molecule has 0 aromatic heterocycles. The van der Waals surface area contributed by atoms with Gasteiger partial charge in [0.25, 0.3) is 0 Å². The molecule has 0 spiro atoms. The highest BCUT2D eigenvalue weighted by atomic mass is 16.7. The van der Waals surface area contributed by atoms with Crippen LogP contribution in [0.25, 0.3) is 10.4 Å². The van der Waals surface area contributed by atoms with E-state index >= 15 is 0 Å². The highest BCUT2D eigenvalue weighted by molar-refractivity contribution is 6.45. The van der Waals surface area contributed by atoms with Gasteiger partial charge in [-0.15, -0.1) is 0 Å². The van der Waals surface area contributed by atoms with Crippen LogP contribution in [0.1, 0.15) is 74.7 Å². The summed E-state index contributed by atoms with van der Waals surface area (Å²) in [6.45, 7) is 16.2. The molecule has 0 radical (unpaired) electrons. The van der Waals surface area contributed by atoms with Crippen molar-refractivity contribution in [1.82, 2.24) is 4.90 Å². The lowest BCUT2D eigenvalue weighted by atomic mass is 9.74. The van der Waals surface area contributed by atoms with E-state index in [9.17, 15) is 15.1 Å². The smallest absolute Gasteiger partial charge is 0.444 e. The van der Waals surface area contributed by atoms with Crippen LogP contribution in [-0.4, -0.2) is 59.3 Å².